The van der Waals surface area contributed by atoms with E-state index in [4.69, 9.17) is 24.3 Å². The Morgan fingerprint density at radius 3 is 1.34 bits per heavy atom. The zero-order chi connectivity index (χ0) is 44.6. The van der Waals surface area contributed by atoms with E-state index in [0.717, 1.165) is 83.5 Å². The number of allylic oxidation sites excluding steroid dienone is 12. The summed E-state index contributed by atoms with van der Waals surface area (Å²) in [4.78, 5) is 35.0. The Bertz CT molecular complexity index is 1230. The number of rotatable bonds is 45. The summed E-state index contributed by atoms with van der Waals surface area (Å²) in [7, 11) is -4.38. The molecule has 0 fully saturated rings. The monoisotopic (exact) mass is 876 g/mol. The van der Waals surface area contributed by atoms with Crippen LogP contribution in [0.1, 0.15) is 206 Å². The summed E-state index contributed by atoms with van der Waals surface area (Å²) in [6, 6.07) is 0. The molecule has 9 nitrogen and oxygen atoms in total. The number of esters is 2. The summed E-state index contributed by atoms with van der Waals surface area (Å²) in [5, 5.41) is 0. The van der Waals surface area contributed by atoms with Gasteiger partial charge in [-0.3, -0.25) is 18.6 Å². The number of hydrogen-bond acceptors (Lipinski definition) is 8. The summed E-state index contributed by atoms with van der Waals surface area (Å²) >= 11 is 0. The van der Waals surface area contributed by atoms with Gasteiger partial charge in [-0.05, 0) is 64.2 Å². The molecule has 3 N–H and O–H groups in total. The van der Waals surface area contributed by atoms with Gasteiger partial charge in [-0.1, -0.05) is 202 Å². The normalized spacial score (nSPS) is 13.8. The van der Waals surface area contributed by atoms with Crippen LogP contribution in [0.25, 0.3) is 0 Å². The van der Waals surface area contributed by atoms with Crippen molar-refractivity contribution in [2.24, 2.45) is 5.73 Å². The van der Waals surface area contributed by atoms with Gasteiger partial charge in [0.2, 0.25) is 0 Å². The van der Waals surface area contributed by atoms with Crippen molar-refractivity contribution in [1.29, 1.82) is 0 Å². The third-order valence-corrected chi connectivity index (χ3v) is 11.1. The van der Waals surface area contributed by atoms with Crippen LogP contribution >= 0.6 is 7.82 Å². The maximum absolute atomic E-state index is 12.6. The van der Waals surface area contributed by atoms with Crippen LogP contribution in [0.3, 0.4) is 0 Å². The maximum atomic E-state index is 12.6. The second-order valence-corrected chi connectivity index (χ2v) is 17.4. The highest BCUT2D eigenvalue weighted by molar-refractivity contribution is 7.47. The van der Waals surface area contributed by atoms with Crippen molar-refractivity contribution >= 4 is 19.8 Å². The van der Waals surface area contributed by atoms with Gasteiger partial charge in [0.1, 0.15) is 6.61 Å². The standard InChI is InChI=1S/C51H90NO8P/c1-3-5-7-9-11-13-15-17-18-19-20-21-22-23-24-25-26-27-28-29-30-32-34-36-38-40-42-44-51(54)60-49(48-59-61(55,56)58-46-45-52)47-57-50(53)43-41-39-37-35-33-31-16-14-12-10-8-6-4-2/h5,7,11,13,17-18,20-21,23-24,26-27,49H,3-4,6,8-10,12,14-16,19,22,25,28-48,52H2,1-2H3,(H,55,56)/b7-5-,13-11-,18-17-,21-20-,24-23-,27-26-. The molecule has 0 aliphatic carbocycles. The Morgan fingerprint density at radius 1 is 0.508 bits per heavy atom. The first kappa shape index (κ1) is 58.5. The molecular formula is C51H90NO8P. The van der Waals surface area contributed by atoms with E-state index in [0.29, 0.717) is 6.42 Å². The molecule has 2 atom stereocenters. The molecule has 61 heavy (non-hydrogen) atoms. The molecule has 0 aromatic carbocycles. The Kier molecular flexibility index (Phi) is 45.0. The minimum atomic E-state index is -4.38. The highest BCUT2D eigenvalue weighted by atomic mass is 31.2. The molecule has 0 aromatic rings. The molecule has 0 aliphatic rings. The van der Waals surface area contributed by atoms with Gasteiger partial charge >= 0.3 is 19.8 Å². The zero-order valence-electron chi connectivity index (χ0n) is 38.9. The molecule has 0 saturated carbocycles. The van der Waals surface area contributed by atoms with Crippen molar-refractivity contribution in [2.75, 3.05) is 26.4 Å². The van der Waals surface area contributed by atoms with Crippen molar-refractivity contribution in [1.82, 2.24) is 0 Å². The molecular weight excluding hydrogens is 786 g/mol. The van der Waals surface area contributed by atoms with E-state index >= 15 is 0 Å². The average molecular weight is 876 g/mol. The third-order valence-electron chi connectivity index (χ3n) is 10.1. The molecule has 0 aromatic heterocycles. The summed E-state index contributed by atoms with van der Waals surface area (Å²) in [6.45, 7) is 3.61. The smallest absolute Gasteiger partial charge is 0.462 e. The van der Waals surface area contributed by atoms with Crippen LogP contribution in [0.2, 0.25) is 0 Å². The molecule has 0 amide bonds. The number of carbonyl (C=O) groups is 2. The molecule has 352 valence electrons. The number of phosphoric acid groups is 1. The number of unbranched alkanes of at least 4 members (excludes halogenated alkanes) is 20. The van der Waals surface area contributed by atoms with Crippen LogP contribution in [0, 0.1) is 0 Å². The van der Waals surface area contributed by atoms with E-state index in [9.17, 15) is 19.0 Å². The van der Waals surface area contributed by atoms with Crippen LogP contribution in [0.15, 0.2) is 72.9 Å². The molecule has 2 unspecified atom stereocenters. The zero-order valence-corrected chi connectivity index (χ0v) is 39.8. The summed E-state index contributed by atoms with van der Waals surface area (Å²) in [6.07, 6.45) is 57.9. The SMILES string of the molecule is CC/C=C\C/C=C\C/C=C\C/C=C\C/C=C\C/C=C\CCCCCCCCCCC(=O)OC(COC(=O)CCCCCCCCCCCCCCC)COP(=O)(O)OCCN. The van der Waals surface area contributed by atoms with E-state index in [-0.39, 0.29) is 38.6 Å². The fraction of sp³-hybridized carbons (Fsp3) is 0.725. The Hall–Kier alpha value is -2.55. The summed E-state index contributed by atoms with van der Waals surface area (Å²) in [5.41, 5.74) is 5.36. The van der Waals surface area contributed by atoms with Gasteiger partial charge in [0.25, 0.3) is 0 Å². The largest absolute Gasteiger partial charge is 0.472 e. The quantitative estimate of drug-likeness (QED) is 0.0265. The topological polar surface area (TPSA) is 134 Å². The van der Waals surface area contributed by atoms with Crippen molar-refractivity contribution in [3.63, 3.8) is 0 Å². The van der Waals surface area contributed by atoms with Gasteiger partial charge in [0.15, 0.2) is 6.10 Å². The summed E-state index contributed by atoms with van der Waals surface area (Å²) < 4.78 is 32.9. The Balaban J connectivity index is 4.07. The van der Waals surface area contributed by atoms with E-state index in [1.807, 2.05) is 0 Å². The van der Waals surface area contributed by atoms with E-state index in [1.165, 1.54) is 89.9 Å². The van der Waals surface area contributed by atoms with Crippen LogP contribution < -0.4 is 5.73 Å². The van der Waals surface area contributed by atoms with Crippen LogP contribution in [-0.4, -0.2) is 49.3 Å². The predicted octanol–water partition coefficient (Wildman–Crippen LogP) is 14.6. The maximum Gasteiger partial charge on any atom is 0.472 e. The number of ether oxygens (including phenoxy) is 2. The fourth-order valence-electron chi connectivity index (χ4n) is 6.52. The highest BCUT2D eigenvalue weighted by Crippen LogP contribution is 2.43. The molecule has 0 saturated heterocycles. The highest BCUT2D eigenvalue weighted by Gasteiger charge is 2.26. The second-order valence-electron chi connectivity index (χ2n) is 16.0. The van der Waals surface area contributed by atoms with Gasteiger partial charge < -0.3 is 20.1 Å². The van der Waals surface area contributed by atoms with Gasteiger partial charge in [-0.25, -0.2) is 4.57 Å². The Labute approximate surface area is 373 Å². The van der Waals surface area contributed by atoms with Crippen LogP contribution in [0.5, 0.6) is 0 Å². The number of carbonyl (C=O) groups excluding carboxylic acids is 2. The molecule has 0 radical (unpaired) electrons. The molecule has 0 rings (SSSR count). The first-order chi connectivity index (χ1) is 29.8. The molecule has 0 spiro atoms. The van der Waals surface area contributed by atoms with E-state index in [1.54, 1.807) is 0 Å². The minimum absolute atomic E-state index is 0.0498. The number of hydrogen-bond donors (Lipinski definition) is 2. The van der Waals surface area contributed by atoms with Crippen molar-refractivity contribution in [3.05, 3.63) is 72.9 Å². The number of phosphoric ester groups is 1. The van der Waals surface area contributed by atoms with E-state index in [2.05, 4.69) is 86.8 Å². The number of nitrogens with two attached hydrogens (primary N) is 1. The second kappa shape index (κ2) is 46.9. The summed E-state index contributed by atoms with van der Waals surface area (Å²) in [5.74, 6) is -0.837. The van der Waals surface area contributed by atoms with Crippen LogP contribution in [-0.2, 0) is 32.7 Å². The average Bonchev–Trinajstić information content (AvgIpc) is 3.25. The molecule has 10 heteroatoms. The van der Waals surface area contributed by atoms with Crippen LogP contribution in [0.4, 0.5) is 0 Å². The van der Waals surface area contributed by atoms with Crippen molar-refractivity contribution in [2.45, 2.75) is 213 Å². The van der Waals surface area contributed by atoms with Gasteiger partial charge in [-0.15, -0.1) is 0 Å². The third kappa shape index (κ3) is 46.8. The fourth-order valence-corrected chi connectivity index (χ4v) is 7.29. The lowest BCUT2D eigenvalue weighted by atomic mass is 10.0. The first-order valence-electron chi connectivity index (χ1n) is 24.4. The van der Waals surface area contributed by atoms with Crippen molar-refractivity contribution < 1.29 is 37.6 Å². The van der Waals surface area contributed by atoms with Gasteiger partial charge in [0.05, 0.1) is 13.2 Å². The van der Waals surface area contributed by atoms with Crippen molar-refractivity contribution in [3.8, 4) is 0 Å². The van der Waals surface area contributed by atoms with Gasteiger partial charge in [-0.2, -0.15) is 0 Å². The lowest BCUT2D eigenvalue weighted by Gasteiger charge is -2.19. The predicted molar refractivity (Wildman–Crippen MR) is 256 cm³/mol. The molecule has 0 bridgehead atoms. The molecule has 0 aliphatic heterocycles. The first-order valence-corrected chi connectivity index (χ1v) is 25.9. The Morgan fingerprint density at radius 2 is 0.902 bits per heavy atom. The van der Waals surface area contributed by atoms with E-state index < -0.39 is 26.5 Å². The molecule has 0 heterocycles. The lowest BCUT2D eigenvalue weighted by Crippen LogP contribution is -2.29. The minimum Gasteiger partial charge on any atom is -0.462 e. The lowest BCUT2D eigenvalue weighted by molar-refractivity contribution is -0.161. The van der Waals surface area contributed by atoms with Gasteiger partial charge in [0, 0.05) is 19.4 Å².